The molecule has 0 saturated carbocycles. The van der Waals surface area contributed by atoms with Gasteiger partial charge in [0.05, 0.1) is 17.5 Å². The molecule has 0 aromatic heterocycles. The van der Waals surface area contributed by atoms with Gasteiger partial charge in [-0.2, -0.15) is 5.10 Å². The van der Waals surface area contributed by atoms with Gasteiger partial charge in [0.2, 0.25) is 0 Å². The average molecular weight is 264 g/mol. The highest BCUT2D eigenvalue weighted by molar-refractivity contribution is 5.88. The molecule has 0 heterocycles. The third kappa shape index (κ3) is 3.47. The molecule has 0 aliphatic rings. The van der Waals surface area contributed by atoms with Gasteiger partial charge in [-0.1, -0.05) is 18.1 Å². The maximum atomic E-state index is 10.7. The summed E-state index contributed by atoms with van der Waals surface area (Å²) < 4.78 is 0. The Balaban J connectivity index is 1.98. The van der Waals surface area contributed by atoms with Crippen molar-refractivity contribution in [3.8, 4) is 12.3 Å². The van der Waals surface area contributed by atoms with Gasteiger partial charge in [-0.15, -0.1) is 6.42 Å². The van der Waals surface area contributed by atoms with E-state index in [1.807, 2.05) is 24.3 Å². The van der Waals surface area contributed by atoms with Crippen LogP contribution in [0.4, 0.5) is 5.69 Å². The quantitative estimate of drug-likeness (QED) is 0.507. The SMILES string of the molecule is C#Cc1ccc(/C=N/Nc2ccc(C(=O)O)cc2)cc1. The fraction of sp³-hybridized carbons (Fsp3) is 0. The van der Waals surface area contributed by atoms with E-state index in [9.17, 15) is 4.79 Å². The van der Waals surface area contributed by atoms with E-state index in [1.54, 1.807) is 18.3 Å². The van der Waals surface area contributed by atoms with Gasteiger partial charge in [-0.3, -0.25) is 5.43 Å². The van der Waals surface area contributed by atoms with Crippen molar-refractivity contribution in [3.05, 3.63) is 65.2 Å². The zero-order chi connectivity index (χ0) is 14.4. The number of carboxylic acid groups (broad SMARTS) is 1. The number of nitrogens with zero attached hydrogens (tertiary/aromatic N) is 1. The number of terminal acetylenes is 1. The van der Waals surface area contributed by atoms with Crippen LogP contribution in [0.2, 0.25) is 0 Å². The Morgan fingerprint density at radius 1 is 1.15 bits per heavy atom. The summed E-state index contributed by atoms with van der Waals surface area (Å²) >= 11 is 0. The van der Waals surface area contributed by atoms with Crippen molar-refractivity contribution in [1.82, 2.24) is 0 Å². The number of hydrogen-bond acceptors (Lipinski definition) is 3. The molecule has 0 radical (unpaired) electrons. The molecular formula is C16H12N2O2. The first kappa shape index (κ1) is 13.4. The van der Waals surface area contributed by atoms with Gasteiger partial charge in [-0.25, -0.2) is 4.79 Å². The van der Waals surface area contributed by atoms with Crippen molar-refractivity contribution in [2.75, 3.05) is 5.43 Å². The van der Waals surface area contributed by atoms with Gasteiger partial charge in [0.15, 0.2) is 0 Å². The van der Waals surface area contributed by atoms with Crippen molar-refractivity contribution in [2.45, 2.75) is 0 Å². The van der Waals surface area contributed by atoms with Gasteiger partial charge in [-0.05, 0) is 42.0 Å². The van der Waals surface area contributed by atoms with E-state index in [0.29, 0.717) is 5.69 Å². The van der Waals surface area contributed by atoms with Crippen LogP contribution < -0.4 is 5.43 Å². The molecule has 0 fully saturated rings. The zero-order valence-electron chi connectivity index (χ0n) is 10.6. The first-order chi connectivity index (χ1) is 9.69. The average Bonchev–Trinajstić information content (AvgIpc) is 2.48. The molecule has 0 atom stereocenters. The molecule has 98 valence electrons. The number of rotatable bonds is 4. The highest BCUT2D eigenvalue weighted by Crippen LogP contribution is 2.09. The Hall–Kier alpha value is -3.06. The third-order valence-electron chi connectivity index (χ3n) is 2.62. The second-order valence-electron chi connectivity index (χ2n) is 4.02. The van der Waals surface area contributed by atoms with E-state index >= 15 is 0 Å². The summed E-state index contributed by atoms with van der Waals surface area (Å²) in [6.45, 7) is 0. The summed E-state index contributed by atoms with van der Waals surface area (Å²) in [6, 6.07) is 13.8. The van der Waals surface area contributed by atoms with Crippen LogP contribution in [0.25, 0.3) is 0 Å². The van der Waals surface area contributed by atoms with E-state index < -0.39 is 5.97 Å². The molecule has 0 saturated heterocycles. The van der Waals surface area contributed by atoms with E-state index in [0.717, 1.165) is 11.1 Å². The molecule has 4 heteroatoms. The van der Waals surface area contributed by atoms with E-state index in [2.05, 4.69) is 16.4 Å². The minimum absolute atomic E-state index is 0.240. The van der Waals surface area contributed by atoms with Crippen LogP contribution in [-0.4, -0.2) is 17.3 Å². The molecule has 20 heavy (non-hydrogen) atoms. The summed E-state index contributed by atoms with van der Waals surface area (Å²) in [4.78, 5) is 10.7. The minimum Gasteiger partial charge on any atom is -0.478 e. The van der Waals surface area contributed by atoms with Crippen LogP contribution in [-0.2, 0) is 0 Å². The Labute approximate surface area is 116 Å². The number of benzene rings is 2. The van der Waals surface area contributed by atoms with E-state index in [1.165, 1.54) is 12.1 Å². The molecule has 0 amide bonds. The topological polar surface area (TPSA) is 61.7 Å². The summed E-state index contributed by atoms with van der Waals surface area (Å²) in [5.41, 5.74) is 5.51. The highest BCUT2D eigenvalue weighted by atomic mass is 16.4. The summed E-state index contributed by atoms with van der Waals surface area (Å²) in [6.07, 6.45) is 6.93. The molecule has 4 nitrogen and oxygen atoms in total. The second kappa shape index (κ2) is 6.21. The second-order valence-corrected chi connectivity index (χ2v) is 4.02. The molecular weight excluding hydrogens is 252 g/mol. The molecule has 0 unspecified atom stereocenters. The predicted molar refractivity (Wildman–Crippen MR) is 79.0 cm³/mol. The van der Waals surface area contributed by atoms with E-state index in [4.69, 9.17) is 11.5 Å². The van der Waals surface area contributed by atoms with Crippen molar-refractivity contribution >= 4 is 17.9 Å². The van der Waals surface area contributed by atoms with Gasteiger partial charge in [0.25, 0.3) is 0 Å². The van der Waals surface area contributed by atoms with Crippen molar-refractivity contribution in [3.63, 3.8) is 0 Å². The highest BCUT2D eigenvalue weighted by Gasteiger charge is 2.00. The molecule has 0 spiro atoms. The lowest BCUT2D eigenvalue weighted by atomic mass is 10.1. The number of hydrogen-bond donors (Lipinski definition) is 2. The zero-order valence-corrected chi connectivity index (χ0v) is 10.6. The summed E-state index contributed by atoms with van der Waals surface area (Å²) in [5.74, 6) is 1.59. The van der Waals surface area contributed by atoms with Crippen molar-refractivity contribution < 1.29 is 9.90 Å². The lowest BCUT2D eigenvalue weighted by Crippen LogP contribution is -1.96. The lowest BCUT2D eigenvalue weighted by Gasteiger charge is -2.00. The first-order valence-corrected chi connectivity index (χ1v) is 5.88. The monoisotopic (exact) mass is 264 g/mol. The molecule has 2 N–H and O–H groups in total. The summed E-state index contributed by atoms with van der Waals surface area (Å²) in [5, 5.41) is 12.8. The molecule has 0 bridgehead atoms. The fourth-order valence-corrected chi connectivity index (χ4v) is 1.53. The smallest absolute Gasteiger partial charge is 0.335 e. The standard InChI is InChI=1S/C16H12N2O2/c1-2-12-3-5-13(6-4-12)11-17-18-15-9-7-14(8-10-15)16(19)20/h1,3-11,18H,(H,19,20)/b17-11+. The minimum atomic E-state index is -0.950. The molecule has 0 aliphatic carbocycles. The van der Waals surface area contributed by atoms with Crippen LogP contribution in [0.1, 0.15) is 21.5 Å². The Morgan fingerprint density at radius 3 is 2.35 bits per heavy atom. The molecule has 0 aliphatic heterocycles. The van der Waals surface area contributed by atoms with Gasteiger partial charge in [0, 0.05) is 5.56 Å². The predicted octanol–water partition coefficient (Wildman–Crippen LogP) is 2.81. The fourth-order valence-electron chi connectivity index (χ4n) is 1.53. The number of hydrazone groups is 1. The maximum Gasteiger partial charge on any atom is 0.335 e. The van der Waals surface area contributed by atoms with Crippen molar-refractivity contribution in [2.24, 2.45) is 5.10 Å². The number of carboxylic acids is 1. The largest absolute Gasteiger partial charge is 0.478 e. The van der Waals surface area contributed by atoms with E-state index in [-0.39, 0.29) is 5.56 Å². The first-order valence-electron chi connectivity index (χ1n) is 5.88. The molecule has 2 rings (SSSR count). The molecule has 2 aromatic rings. The van der Waals surface area contributed by atoms with Crippen LogP contribution in [0.15, 0.2) is 53.6 Å². The maximum absolute atomic E-state index is 10.7. The van der Waals surface area contributed by atoms with Gasteiger partial charge < -0.3 is 5.11 Å². The number of nitrogens with one attached hydrogen (secondary N) is 1. The van der Waals surface area contributed by atoms with Crippen LogP contribution >= 0.6 is 0 Å². The molecule has 2 aromatic carbocycles. The number of aromatic carboxylic acids is 1. The Kier molecular flexibility index (Phi) is 4.15. The number of carbonyl (C=O) groups is 1. The third-order valence-corrected chi connectivity index (χ3v) is 2.62. The Bertz CT molecular complexity index is 665. The Morgan fingerprint density at radius 2 is 1.80 bits per heavy atom. The number of anilines is 1. The van der Waals surface area contributed by atoms with Crippen LogP contribution in [0.5, 0.6) is 0 Å². The normalized spacial score (nSPS) is 10.2. The van der Waals surface area contributed by atoms with Crippen molar-refractivity contribution in [1.29, 1.82) is 0 Å². The lowest BCUT2D eigenvalue weighted by molar-refractivity contribution is 0.0697. The van der Waals surface area contributed by atoms with Gasteiger partial charge in [0.1, 0.15) is 0 Å². The summed E-state index contributed by atoms with van der Waals surface area (Å²) in [7, 11) is 0. The van der Waals surface area contributed by atoms with Crippen LogP contribution in [0.3, 0.4) is 0 Å². The van der Waals surface area contributed by atoms with Crippen LogP contribution in [0, 0.1) is 12.3 Å². The van der Waals surface area contributed by atoms with Gasteiger partial charge >= 0.3 is 5.97 Å².